The molecule has 0 spiro atoms. The lowest BCUT2D eigenvalue weighted by molar-refractivity contribution is 0.228. The van der Waals surface area contributed by atoms with Crippen LogP contribution in [0.15, 0.2) is 79.0 Å². The monoisotopic (exact) mass is 461 g/mol. The maximum atomic E-state index is 4.47. The Hall–Kier alpha value is -3.30. The third-order valence-corrected chi connectivity index (χ3v) is 7.88. The van der Waals surface area contributed by atoms with Crippen molar-refractivity contribution >= 4 is 33.4 Å². The fourth-order valence-corrected chi connectivity index (χ4v) is 6.01. The maximum Gasteiger partial charge on any atom is 0.0590 e. The molecule has 6 rings (SSSR count). The van der Waals surface area contributed by atoms with E-state index in [0.29, 0.717) is 0 Å². The predicted molar refractivity (Wildman–Crippen MR) is 151 cm³/mol. The SMILES string of the molecule is C=C(C)C1=CN2c3cc4ccccc4cc3Cc3c(NCCCN4CCCCC4)ccc(c32)C1=C. The molecule has 0 unspecified atom stereocenters. The number of hydrogen-bond donors (Lipinski definition) is 1. The lowest BCUT2D eigenvalue weighted by atomic mass is 9.83. The lowest BCUT2D eigenvalue weighted by Crippen LogP contribution is -2.31. The van der Waals surface area contributed by atoms with Gasteiger partial charge in [0.15, 0.2) is 0 Å². The van der Waals surface area contributed by atoms with E-state index in [1.807, 2.05) is 0 Å². The summed E-state index contributed by atoms with van der Waals surface area (Å²) in [5.41, 5.74) is 11.0. The first-order valence-electron chi connectivity index (χ1n) is 13.1. The molecule has 1 N–H and O–H groups in total. The Bertz CT molecular complexity index is 1360. The summed E-state index contributed by atoms with van der Waals surface area (Å²) in [7, 11) is 0. The molecule has 3 heterocycles. The van der Waals surface area contributed by atoms with Gasteiger partial charge in [-0.1, -0.05) is 49.9 Å². The highest BCUT2D eigenvalue weighted by molar-refractivity contribution is 6.00. The number of fused-ring (bicyclic) bond motifs is 3. The molecule has 1 saturated heterocycles. The number of allylic oxidation sites excluding steroid dienone is 3. The molecule has 0 atom stereocenters. The van der Waals surface area contributed by atoms with Gasteiger partial charge < -0.3 is 15.1 Å². The number of anilines is 3. The molecule has 3 aliphatic rings. The lowest BCUT2D eigenvalue weighted by Gasteiger charge is -2.38. The topological polar surface area (TPSA) is 18.5 Å². The zero-order valence-corrected chi connectivity index (χ0v) is 20.9. The summed E-state index contributed by atoms with van der Waals surface area (Å²) in [5.74, 6) is 0. The first-order chi connectivity index (χ1) is 17.1. The van der Waals surface area contributed by atoms with Crippen LogP contribution < -0.4 is 10.2 Å². The van der Waals surface area contributed by atoms with Gasteiger partial charge in [-0.15, -0.1) is 0 Å². The summed E-state index contributed by atoms with van der Waals surface area (Å²) >= 11 is 0. The Kier molecular flexibility index (Phi) is 5.74. The molecular formula is C32H35N3. The van der Waals surface area contributed by atoms with Gasteiger partial charge in [0.05, 0.1) is 5.69 Å². The first-order valence-corrected chi connectivity index (χ1v) is 13.1. The van der Waals surface area contributed by atoms with Crippen molar-refractivity contribution in [3.8, 4) is 0 Å². The summed E-state index contributed by atoms with van der Waals surface area (Å²) in [6, 6.07) is 17.9. The zero-order valence-electron chi connectivity index (χ0n) is 20.9. The van der Waals surface area contributed by atoms with Gasteiger partial charge in [0, 0.05) is 47.2 Å². The summed E-state index contributed by atoms with van der Waals surface area (Å²) in [6.45, 7) is 15.5. The average molecular weight is 462 g/mol. The number of hydrogen-bond acceptors (Lipinski definition) is 3. The molecule has 0 aromatic heterocycles. The molecule has 3 aromatic rings. The van der Waals surface area contributed by atoms with E-state index in [-0.39, 0.29) is 0 Å². The van der Waals surface area contributed by atoms with E-state index in [9.17, 15) is 0 Å². The molecule has 1 fully saturated rings. The van der Waals surface area contributed by atoms with Crippen molar-refractivity contribution in [3.05, 3.63) is 95.7 Å². The highest BCUT2D eigenvalue weighted by Gasteiger charge is 2.31. The largest absolute Gasteiger partial charge is 0.385 e. The first kappa shape index (κ1) is 22.2. The van der Waals surface area contributed by atoms with Gasteiger partial charge in [0.1, 0.15) is 0 Å². The number of benzene rings is 3. The fraction of sp³-hybridized carbons (Fsp3) is 0.312. The molecule has 0 radical (unpaired) electrons. The quantitative estimate of drug-likeness (QED) is 0.380. The summed E-state index contributed by atoms with van der Waals surface area (Å²) in [5, 5.41) is 6.38. The van der Waals surface area contributed by atoms with Gasteiger partial charge in [-0.25, -0.2) is 0 Å². The van der Waals surface area contributed by atoms with Crippen molar-refractivity contribution in [1.82, 2.24) is 4.90 Å². The molecule has 178 valence electrons. The number of nitrogens with zero attached hydrogens (tertiary/aromatic N) is 2. The normalized spacial score (nSPS) is 17.1. The number of likely N-dealkylation sites (tertiary alicyclic amines) is 1. The molecule has 3 heteroatoms. The minimum Gasteiger partial charge on any atom is -0.385 e. The third-order valence-electron chi connectivity index (χ3n) is 7.88. The molecule has 3 aliphatic heterocycles. The second kappa shape index (κ2) is 9.05. The zero-order chi connectivity index (χ0) is 23.9. The van der Waals surface area contributed by atoms with Gasteiger partial charge >= 0.3 is 0 Å². The van der Waals surface area contributed by atoms with Gasteiger partial charge in [0.2, 0.25) is 0 Å². The molecule has 0 aliphatic carbocycles. The van der Waals surface area contributed by atoms with Crippen molar-refractivity contribution in [2.45, 2.75) is 39.0 Å². The predicted octanol–water partition coefficient (Wildman–Crippen LogP) is 7.66. The van der Waals surface area contributed by atoms with Gasteiger partial charge in [-0.3, -0.25) is 0 Å². The molecular weight excluding hydrogens is 426 g/mol. The summed E-state index contributed by atoms with van der Waals surface area (Å²) in [6.07, 6.45) is 8.47. The second-order valence-electron chi connectivity index (χ2n) is 10.3. The smallest absolute Gasteiger partial charge is 0.0590 e. The van der Waals surface area contributed by atoms with Crippen molar-refractivity contribution in [1.29, 1.82) is 0 Å². The number of rotatable bonds is 6. The number of nitrogens with one attached hydrogen (secondary N) is 1. The Morgan fingerprint density at radius 3 is 2.54 bits per heavy atom. The highest BCUT2D eigenvalue weighted by Crippen LogP contribution is 2.51. The van der Waals surface area contributed by atoms with Crippen LogP contribution in [0, 0.1) is 0 Å². The number of piperidine rings is 1. The van der Waals surface area contributed by atoms with E-state index in [0.717, 1.165) is 29.7 Å². The Morgan fingerprint density at radius 1 is 1.00 bits per heavy atom. The van der Waals surface area contributed by atoms with Crippen molar-refractivity contribution in [2.75, 3.05) is 36.4 Å². The van der Waals surface area contributed by atoms with Gasteiger partial charge in [0.25, 0.3) is 0 Å². The van der Waals surface area contributed by atoms with E-state index >= 15 is 0 Å². The third kappa shape index (κ3) is 3.98. The van der Waals surface area contributed by atoms with E-state index in [4.69, 9.17) is 0 Å². The molecule has 35 heavy (non-hydrogen) atoms. The minimum atomic E-state index is 0.928. The van der Waals surface area contributed by atoms with Crippen molar-refractivity contribution in [3.63, 3.8) is 0 Å². The minimum absolute atomic E-state index is 0.928. The van der Waals surface area contributed by atoms with Crippen LogP contribution in [-0.2, 0) is 6.42 Å². The Labute approximate surface area is 209 Å². The molecule has 0 bridgehead atoms. The van der Waals surface area contributed by atoms with Crippen LogP contribution in [0.5, 0.6) is 0 Å². The average Bonchev–Trinajstić information content (AvgIpc) is 2.88. The summed E-state index contributed by atoms with van der Waals surface area (Å²) in [4.78, 5) is 5.02. The van der Waals surface area contributed by atoms with Crippen LogP contribution in [0.4, 0.5) is 17.1 Å². The second-order valence-corrected chi connectivity index (χ2v) is 10.3. The van der Waals surface area contributed by atoms with E-state index in [2.05, 4.69) is 89.9 Å². The fourth-order valence-electron chi connectivity index (χ4n) is 6.01. The van der Waals surface area contributed by atoms with Crippen LogP contribution in [0.3, 0.4) is 0 Å². The van der Waals surface area contributed by atoms with Crippen molar-refractivity contribution in [2.24, 2.45) is 0 Å². The Balaban J connectivity index is 1.36. The Morgan fingerprint density at radius 2 is 1.77 bits per heavy atom. The van der Waals surface area contributed by atoms with E-state index < -0.39 is 0 Å². The summed E-state index contributed by atoms with van der Waals surface area (Å²) < 4.78 is 0. The molecule has 3 aromatic carbocycles. The molecule has 0 saturated carbocycles. The van der Waals surface area contributed by atoms with Crippen molar-refractivity contribution < 1.29 is 0 Å². The highest BCUT2D eigenvalue weighted by atomic mass is 15.1. The van der Waals surface area contributed by atoms with Gasteiger partial charge in [-0.05, 0) is 91.5 Å². The van der Waals surface area contributed by atoms with E-state index in [1.165, 1.54) is 89.8 Å². The molecule has 3 nitrogen and oxygen atoms in total. The van der Waals surface area contributed by atoms with E-state index in [1.54, 1.807) is 0 Å². The van der Waals surface area contributed by atoms with Crippen LogP contribution in [0.2, 0.25) is 0 Å². The standard InChI is InChI=1S/C32H35N3/c1-22(2)29-21-35-31-20-25-11-6-5-10-24(25)18-26(31)19-28-30(13-12-27(23(29)3)32(28)35)33-14-9-17-34-15-7-4-8-16-34/h5-6,10-13,18,20-21,33H,1,3-4,7-9,14-17,19H2,2H3. The van der Waals surface area contributed by atoms with Crippen LogP contribution in [0.1, 0.15) is 49.3 Å². The van der Waals surface area contributed by atoms with Crippen LogP contribution in [0.25, 0.3) is 16.3 Å². The van der Waals surface area contributed by atoms with Crippen LogP contribution >= 0.6 is 0 Å². The maximum absolute atomic E-state index is 4.47. The van der Waals surface area contributed by atoms with Crippen LogP contribution in [-0.4, -0.2) is 31.1 Å². The molecule has 0 amide bonds. The van der Waals surface area contributed by atoms with Gasteiger partial charge in [-0.2, -0.15) is 0 Å².